The molecule has 12 nitrogen and oxygen atoms in total. The molecule has 0 saturated carbocycles. The molecule has 1 fully saturated rings. The number of anilines is 5. The van der Waals surface area contributed by atoms with Crippen molar-refractivity contribution < 1.29 is 4.79 Å². The maximum Gasteiger partial charge on any atom is 0.256 e. The molecular weight excluding hydrogens is 506 g/mol. The van der Waals surface area contributed by atoms with Gasteiger partial charge in [-0.3, -0.25) is 14.8 Å². The van der Waals surface area contributed by atoms with Crippen LogP contribution in [-0.2, 0) is 0 Å². The van der Waals surface area contributed by atoms with E-state index in [1.165, 1.54) is 6.33 Å². The van der Waals surface area contributed by atoms with E-state index in [0.717, 1.165) is 43.9 Å². The number of carbonyl (C=O) groups excluding carboxylic acids is 1. The number of aryl methyl sites for hydroxylation is 1. The fourth-order valence-electron chi connectivity index (χ4n) is 4.66. The molecule has 0 bridgehead atoms. The predicted octanol–water partition coefficient (Wildman–Crippen LogP) is 3.84. The Morgan fingerprint density at radius 1 is 1.12 bits per heavy atom. The molecule has 0 atom stereocenters. The van der Waals surface area contributed by atoms with Gasteiger partial charge in [-0.15, -0.1) is 0 Å². The van der Waals surface area contributed by atoms with Crippen LogP contribution in [0.15, 0.2) is 37.2 Å². The van der Waals surface area contributed by atoms with Crippen molar-refractivity contribution in [2.45, 2.75) is 27.7 Å². The van der Waals surface area contributed by atoms with Crippen molar-refractivity contribution in [3.05, 3.63) is 54.0 Å². The molecule has 40 heavy (non-hydrogen) atoms. The van der Waals surface area contributed by atoms with Crippen molar-refractivity contribution in [1.82, 2.24) is 35.0 Å². The topological polar surface area (TPSA) is 154 Å². The number of aromatic nitrogens is 6. The zero-order valence-corrected chi connectivity index (χ0v) is 23.3. The highest BCUT2D eigenvalue weighted by molar-refractivity contribution is 6.05. The first-order valence-corrected chi connectivity index (χ1v) is 13.3. The number of fused-ring (bicyclic) bond motifs is 1. The highest BCUT2D eigenvalue weighted by Gasteiger charge is 2.22. The van der Waals surface area contributed by atoms with E-state index < -0.39 is 0 Å². The average molecular weight is 542 g/mol. The number of carbonyl (C=O) groups is 1. The third kappa shape index (κ3) is 5.86. The van der Waals surface area contributed by atoms with E-state index >= 15 is 0 Å². The summed E-state index contributed by atoms with van der Waals surface area (Å²) in [5.74, 6) is 2.18. The van der Waals surface area contributed by atoms with Crippen LogP contribution in [0.3, 0.4) is 0 Å². The number of piperazine rings is 1. The molecule has 4 heterocycles. The van der Waals surface area contributed by atoms with Crippen LogP contribution in [0.2, 0.25) is 0 Å². The molecule has 0 spiro atoms. The molecule has 4 aromatic rings. The Hall–Kier alpha value is -4.58. The molecule has 1 aromatic carbocycles. The second-order valence-electron chi connectivity index (χ2n) is 10.6. The predicted molar refractivity (Wildman–Crippen MR) is 159 cm³/mol. The number of nitrogens with two attached hydrogens (primary N) is 1. The molecule has 12 heteroatoms. The minimum Gasteiger partial charge on any atom is -0.382 e. The Morgan fingerprint density at radius 3 is 2.60 bits per heavy atom. The third-order valence-electron chi connectivity index (χ3n) is 6.79. The Balaban J connectivity index is 1.39. The quantitative estimate of drug-likeness (QED) is 0.259. The SMILES string of the molecule is C=C(C)c1cc(NC(=O)c2ccc(C)c(Nc3ncnc4c(N)nc(N5CCN(CC(C)C)CC5)nc34)c2)[nH]n1. The van der Waals surface area contributed by atoms with E-state index in [-0.39, 0.29) is 5.91 Å². The number of H-pyrrole nitrogens is 1. The number of amides is 1. The number of hydrogen-bond acceptors (Lipinski definition) is 10. The van der Waals surface area contributed by atoms with E-state index in [1.807, 2.05) is 19.9 Å². The van der Waals surface area contributed by atoms with Crippen LogP contribution < -0.4 is 21.3 Å². The smallest absolute Gasteiger partial charge is 0.256 e. The molecule has 3 aromatic heterocycles. The summed E-state index contributed by atoms with van der Waals surface area (Å²) in [6, 6.07) is 7.15. The second-order valence-corrected chi connectivity index (χ2v) is 10.6. The van der Waals surface area contributed by atoms with Crippen LogP contribution >= 0.6 is 0 Å². The summed E-state index contributed by atoms with van der Waals surface area (Å²) in [5.41, 5.74) is 10.9. The Morgan fingerprint density at radius 2 is 1.90 bits per heavy atom. The number of nitrogens with zero attached hydrogens (tertiary/aromatic N) is 7. The number of hydrogen-bond donors (Lipinski definition) is 4. The molecular formula is C28H35N11O. The van der Waals surface area contributed by atoms with Crippen LogP contribution in [0.4, 0.5) is 29.1 Å². The summed E-state index contributed by atoms with van der Waals surface area (Å²) < 4.78 is 0. The van der Waals surface area contributed by atoms with Gasteiger partial charge in [0.25, 0.3) is 5.91 Å². The van der Waals surface area contributed by atoms with Crippen molar-refractivity contribution in [2.24, 2.45) is 5.92 Å². The molecule has 0 aliphatic carbocycles. The lowest BCUT2D eigenvalue weighted by molar-refractivity contribution is 0.102. The average Bonchev–Trinajstić information content (AvgIpc) is 3.39. The normalized spacial score (nSPS) is 14.1. The van der Waals surface area contributed by atoms with Gasteiger partial charge in [0, 0.05) is 50.0 Å². The van der Waals surface area contributed by atoms with E-state index in [2.05, 4.69) is 66.0 Å². The molecule has 0 radical (unpaired) electrons. The first kappa shape index (κ1) is 27.0. The first-order chi connectivity index (χ1) is 19.2. The Bertz CT molecular complexity index is 1550. The molecule has 0 unspecified atom stereocenters. The van der Waals surface area contributed by atoms with Gasteiger partial charge in [-0.25, -0.2) is 15.0 Å². The van der Waals surface area contributed by atoms with E-state index in [0.29, 0.717) is 57.3 Å². The van der Waals surface area contributed by atoms with Gasteiger partial charge in [0.1, 0.15) is 23.2 Å². The lowest BCUT2D eigenvalue weighted by atomic mass is 10.1. The van der Waals surface area contributed by atoms with Gasteiger partial charge in [0.05, 0.1) is 5.69 Å². The fraction of sp³-hybridized carbons (Fsp3) is 0.357. The van der Waals surface area contributed by atoms with Gasteiger partial charge < -0.3 is 21.3 Å². The summed E-state index contributed by atoms with van der Waals surface area (Å²) in [4.78, 5) is 35.8. The van der Waals surface area contributed by atoms with E-state index in [9.17, 15) is 4.79 Å². The van der Waals surface area contributed by atoms with Crippen molar-refractivity contribution in [1.29, 1.82) is 0 Å². The number of rotatable bonds is 8. The fourth-order valence-corrected chi connectivity index (χ4v) is 4.66. The van der Waals surface area contributed by atoms with Gasteiger partial charge in [0.2, 0.25) is 5.95 Å². The van der Waals surface area contributed by atoms with Crippen molar-refractivity contribution in [3.8, 4) is 0 Å². The third-order valence-corrected chi connectivity index (χ3v) is 6.79. The molecule has 1 aliphatic heterocycles. The molecule has 1 amide bonds. The van der Waals surface area contributed by atoms with Crippen LogP contribution in [0, 0.1) is 12.8 Å². The van der Waals surface area contributed by atoms with Gasteiger partial charge in [-0.2, -0.15) is 10.1 Å². The number of aromatic amines is 1. The Kier molecular flexibility index (Phi) is 7.60. The molecule has 1 saturated heterocycles. The van der Waals surface area contributed by atoms with Crippen LogP contribution in [0.5, 0.6) is 0 Å². The van der Waals surface area contributed by atoms with Crippen molar-refractivity contribution in [3.63, 3.8) is 0 Å². The van der Waals surface area contributed by atoms with E-state index in [1.54, 1.807) is 18.2 Å². The first-order valence-electron chi connectivity index (χ1n) is 13.3. The molecule has 5 rings (SSSR count). The zero-order chi connectivity index (χ0) is 28.4. The Labute approximate surface area is 233 Å². The maximum atomic E-state index is 13.0. The molecule has 5 N–H and O–H groups in total. The lowest BCUT2D eigenvalue weighted by Crippen LogP contribution is -2.48. The summed E-state index contributed by atoms with van der Waals surface area (Å²) in [6.07, 6.45) is 1.43. The largest absolute Gasteiger partial charge is 0.382 e. The van der Waals surface area contributed by atoms with Crippen LogP contribution in [0.1, 0.15) is 42.4 Å². The number of allylic oxidation sites excluding steroid dienone is 1. The molecule has 1 aliphatic rings. The van der Waals surface area contributed by atoms with Crippen LogP contribution in [-0.4, -0.2) is 73.7 Å². The van der Waals surface area contributed by atoms with Gasteiger partial charge in [-0.05, 0) is 43.0 Å². The maximum absolute atomic E-state index is 13.0. The summed E-state index contributed by atoms with van der Waals surface area (Å²) in [7, 11) is 0. The summed E-state index contributed by atoms with van der Waals surface area (Å²) >= 11 is 0. The van der Waals surface area contributed by atoms with Crippen molar-refractivity contribution in [2.75, 3.05) is 54.0 Å². The van der Waals surface area contributed by atoms with E-state index in [4.69, 9.17) is 10.7 Å². The van der Waals surface area contributed by atoms with Gasteiger partial charge in [0.15, 0.2) is 11.6 Å². The van der Waals surface area contributed by atoms with Gasteiger partial charge in [-0.1, -0.05) is 26.5 Å². The molecule has 208 valence electrons. The monoisotopic (exact) mass is 541 g/mol. The zero-order valence-electron chi connectivity index (χ0n) is 23.3. The number of nitrogens with one attached hydrogen (secondary N) is 3. The minimum atomic E-state index is -0.280. The highest BCUT2D eigenvalue weighted by Crippen LogP contribution is 2.28. The van der Waals surface area contributed by atoms with Crippen molar-refractivity contribution >= 4 is 51.6 Å². The second kappa shape index (κ2) is 11.3. The van der Waals surface area contributed by atoms with Gasteiger partial charge >= 0.3 is 0 Å². The summed E-state index contributed by atoms with van der Waals surface area (Å²) in [6.45, 7) is 16.7. The number of nitrogen functional groups attached to an aromatic ring is 1. The number of benzene rings is 1. The van der Waals surface area contributed by atoms with Crippen LogP contribution in [0.25, 0.3) is 16.6 Å². The highest BCUT2D eigenvalue weighted by atomic mass is 16.1. The minimum absolute atomic E-state index is 0.280. The standard InChI is InChI=1S/C28H35N11O/c1-16(2)14-38-8-10-39(11-9-38)28-34-24-23(25(29)35-28)30-15-31-26(24)32-21-12-19(7-6-18(21)5)27(40)33-22-13-20(17(3)4)36-37-22/h6-7,12-13,15-16H,3,8-11,14H2,1-2,4-5H3,(H2,29,34,35)(H,30,31,32)(H2,33,36,37,40). The lowest BCUT2D eigenvalue weighted by Gasteiger charge is -2.35. The summed E-state index contributed by atoms with van der Waals surface area (Å²) in [5, 5.41) is 13.1.